The van der Waals surface area contributed by atoms with Crippen LogP contribution in [0.2, 0.25) is 0 Å². The number of pyridine rings is 1. The first-order chi connectivity index (χ1) is 11.6. The van der Waals surface area contributed by atoms with Crippen molar-refractivity contribution in [1.82, 2.24) is 4.98 Å². The van der Waals surface area contributed by atoms with Gasteiger partial charge < -0.3 is 15.8 Å². The molecule has 3 N–H and O–H groups in total. The minimum Gasteiger partial charge on any atom is -0.472 e. The van der Waals surface area contributed by atoms with Crippen LogP contribution in [0.3, 0.4) is 0 Å². The van der Waals surface area contributed by atoms with E-state index < -0.39 is 13.0 Å². The molecule has 1 aromatic carbocycles. The third-order valence-electron chi connectivity index (χ3n) is 3.18. The lowest BCUT2D eigenvalue weighted by atomic mass is 10.1. The van der Waals surface area contributed by atoms with E-state index in [1.165, 1.54) is 11.6 Å². The van der Waals surface area contributed by atoms with Crippen LogP contribution in [-0.2, 0) is 13.0 Å². The van der Waals surface area contributed by atoms with Crippen molar-refractivity contribution in [3.63, 3.8) is 0 Å². The summed E-state index contributed by atoms with van der Waals surface area (Å²) in [6.07, 6.45) is -1.56. The van der Waals surface area contributed by atoms with Gasteiger partial charge in [0.15, 0.2) is 12.6 Å². The van der Waals surface area contributed by atoms with E-state index in [-0.39, 0.29) is 18.4 Å². The quantitative estimate of drug-likeness (QED) is 0.602. The van der Waals surface area contributed by atoms with Gasteiger partial charge in [-0.2, -0.15) is 0 Å². The molecule has 2 rings (SSSR count). The minimum absolute atomic E-state index is 0.143. The van der Waals surface area contributed by atoms with Gasteiger partial charge in [0.25, 0.3) is 6.43 Å². The van der Waals surface area contributed by atoms with Crippen molar-refractivity contribution >= 4 is 11.6 Å². The molecule has 0 spiro atoms. The second-order valence-corrected chi connectivity index (χ2v) is 5.05. The lowest BCUT2D eigenvalue weighted by Crippen LogP contribution is -2.22. The molecule has 0 aliphatic carbocycles. The monoisotopic (exact) mass is 334 g/mol. The van der Waals surface area contributed by atoms with Crippen LogP contribution in [0.1, 0.15) is 18.2 Å². The smallest absolute Gasteiger partial charge is 0.272 e. The highest BCUT2D eigenvalue weighted by Crippen LogP contribution is 2.11. The van der Waals surface area contributed by atoms with Gasteiger partial charge in [-0.05, 0) is 30.2 Å². The zero-order chi connectivity index (χ0) is 17.4. The first kappa shape index (κ1) is 17.7. The molecule has 0 atom stereocenters. The topological polar surface area (TPSA) is 72.5 Å². The third-order valence-corrected chi connectivity index (χ3v) is 3.18. The van der Waals surface area contributed by atoms with Gasteiger partial charge >= 0.3 is 0 Å². The van der Waals surface area contributed by atoms with Gasteiger partial charge in [-0.15, -0.1) is 0 Å². The second-order valence-electron chi connectivity index (χ2n) is 5.05. The predicted molar refractivity (Wildman–Crippen MR) is 90.5 cm³/mol. The molecule has 0 bridgehead atoms. The highest BCUT2D eigenvalue weighted by molar-refractivity contribution is 5.92. The fourth-order valence-electron chi connectivity index (χ4n) is 1.95. The van der Waals surface area contributed by atoms with E-state index in [9.17, 15) is 8.78 Å². The van der Waals surface area contributed by atoms with E-state index in [1.54, 1.807) is 12.1 Å². The molecular formula is C17H20F2N4O. The molecule has 0 amide bonds. The molecule has 1 heterocycles. The highest BCUT2D eigenvalue weighted by atomic mass is 19.3. The molecule has 7 heteroatoms. The highest BCUT2D eigenvalue weighted by Gasteiger charge is 2.05. The lowest BCUT2D eigenvalue weighted by molar-refractivity contribution is 0.0795. The number of guanidine groups is 1. The summed E-state index contributed by atoms with van der Waals surface area (Å²) in [4.78, 5) is 8.29. The Balaban J connectivity index is 1.92. The van der Waals surface area contributed by atoms with Crippen molar-refractivity contribution in [2.24, 2.45) is 10.7 Å². The Morgan fingerprint density at radius 3 is 2.67 bits per heavy atom. The van der Waals surface area contributed by atoms with Crippen molar-refractivity contribution in [1.29, 1.82) is 0 Å². The summed E-state index contributed by atoms with van der Waals surface area (Å²) in [6.45, 7) is 1.62. The summed E-state index contributed by atoms with van der Waals surface area (Å²) in [7, 11) is 0. The molecule has 0 aliphatic rings. The van der Waals surface area contributed by atoms with Crippen LogP contribution in [0.4, 0.5) is 14.5 Å². The van der Waals surface area contributed by atoms with Gasteiger partial charge in [-0.25, -0.2) is 18.8 Å². The number of aryl methyl sites for hydroxylation is 1. The van der Waals surface area contributed by atoms with E-state index in [2.05, 4.69) is 22.2 Å². The van der Waals surface area contributed by atoms with Gasteiger partial charge in [0.1, 0.15) is 0 Å². The number of nitrogens with zero attached hydrogens (tertiary/aromatic N) is 2. The van der Waals surface area contributed by atoms with Crippen molar-refractivity contribution < 1.29 is 13.5 Å². The molecule has 0 fully saturated rings. The largest absolute Gasteiger partial charge is 0.472 e. The molecule has 0 saturated heterocycles. The van der Waals surface area contributed by atoms with Crippen LogP contribution in [0.5, 0.6) is 5.88 Å². The molecule has 24 heavy (non-hydrogen) atoms. The number of nitrogens with two attached hydrogens (primary N) is 1. The molecule has 5 nitrogen and oxygen atoms in total. The molecule has 128 valence electrons. The van der Waals surface area contributed by atoms with Crippen molar-refractivity contribution in [2.75, 3.05) is 11.9 Å². The Labute approximate surface area is 139 Å². The van der Waals surface area contributed by atoms with Crippen LogP contribution in [0.25, 0.3) is 0 Å². The Kier molecular flexibility index (Phi) is 6.48. The van der Waals surface area contributed by atoms with Gasteiger partial charge in [-0.1, -0.05) is 25.1 Å². The minimum atomic E-state index is -2.53. The van der Waals surface area contributed by atoms with E-state index in [0.717, 1.165) is 12.1 Å². The zero-order valence-corrected chi connectivity index (χ0v) is 13.4. The molecular weight excluding hydrogens is 314 g/mol. The van der Waals surface area contributed by atoms with E-state index in [0.29, 0.717) is 5.69 Å². The number of rotatable bonds is 7. The third kappa shape index (κ3) is 5.83. The van der Waals surface area contributed by atoms with Gasteiger partial charge in [0, 0.05) is 11.8 Å². The Morgan fingerprint density at radius 2 is 2.00 bits per heavy atom. The predicted octanol–water partition coefficient (Wildman–Crippen LogP) is 3.21. The van der Waals surface area contributed by atoms with E-state index in [1.807, 2.05) is 24.3 Å². The number of hydrogen-bond donors (Lipinski definition) is 2. The SMILES string of the molecule is CCc1ccc(NC(N)=NCc2cccc(OCC(F)F)n2)cc1. The summed E-state index contributed by atoms with van der Waals surface area (Å²) in [5.41, 5.74) is 8.50. The molecule has 2 aromatic rings. The molecule has 0 aliphatic heterocycles. The average molecular weight is 334 g/mol. The maximum atomic E-state index is 12.1. The second kappa shape index (κ2) is 8.81. The number of ether oxygens (including phenoxy) is 1. The number of halogens is 2. The Hall–Kier alpha value is -2.70. The fraction of sp³-hybridized carbons (Fsp3) is 0.294. The molecule has 1 aromatic heterocycles. The van der Waals surface area contributed by atoms with Gasteiger partial charge in [0.05, 0.1) is 12.2 Å². The average Bonchev–Trinajstić information content (AvgIpc) is 2.59. The van der Waals surface area contributed by atoms with Crippen LogP contribution in [0.15, 0.2) is 47.5 Å². The van der Waals surface area contributed by atoms with Crippen molar-refractivity contribution in [3.8, 4) is 5.88 Å². The number of nitrogens with one attached hydrogen (secondary N) is 1. The van der Waals surface area contributed by atoms with Crippen LogP contribution in [-0.4, -0.2) is 24.0 Å². The Morgan fingerprint density at radius 1 is 1.25 bits per heavy atom. The molecule has 0 saturated carbocycles. The Bertz CT molecular complexity index is 675. The van der Waals surface area contributed by atoms with Gasteiger partial charge in [-0.3, -0.25) is 0 Å². The first-order valence-corrected chi connectivity index (χ1v) is 7.59. The number of anilines is 1. The standard InChI is InChI=1S/C17H20F2N4O/c1-2-12-6-8-13(9-7-12)23-17(20)21-10-14-4-3-5-16(22-14)24-11-15(18)19/h3-9,15H,2,10-11H2,1H3,(H3,20,21,23). The first-order valence-electron chi connectivity index (χ1n) is 7.59. The molecule has 0 radical (unpaired) electrons. The number of alkyl halides is 2. The van der Waals surface area contributed by atoms with Crippen molar-refractivity contribution in [2.45, 2.75) is 26.3 Å². The number of hydrogen-bond acceptors (Lipinski definition) is 3. The number of benzene rings is 1. The van der Waals surface area contributed by atoms with Crippen molar-refractivity contribution in [3.05, 3.63) is 53.7 Å². The molecule has 0 unspecified atom stereocenters. The van der Waals surface area contributed by atoms with Gasteiger partial charge in [0.2, 0.25) is 5.88 Å². The zero-order valence-electron chi connectivity index (χ0n) is 13.4. The van der Waals surface area contributed by atoms with Crippen LogP contribution < -0.4 is 15.8 Å². The summed E-state index contributed by atoms with van der Waals surface area (Å²) in [6, 6.07) is 12.8. The summed E-state index contributed by atoms with van der Waals surface area (Å²) in [5, 5.41) is 2.99. The fourth-order valence-corrected chi connectivity index (χ4v) is 1.95. The lowest BCUT2D eigenvalue weighted by Gasteiger charge is -2.07. The van der Waals surface area contributed by atoms with E-state index in [4.69, 9.17) is 10.5 Å². The van der Waals surface area contributed by atoms with Crippen LogP contribution >= 0.6 is 0 Å². The number of aliphatic imine (C=N–C) groups is 1. The number of aromatic nitrogens is 1. The van der Waals surface area contributed by atoms with E-state index >= 15 is 0 Å². The maximum absolute atomic E-state index is 12.1. The summed E-state index contributed by atoms with van der Waals surface area (Å²) >= 11 is 0. The van der Waals surface area contributed by atoms with Crippen LogP contribution in [0, 0.1) is 0 Å². The maximum Gasteiger partial charge on any atom is 0.272 e. The normalized spacial score (nSPS) is 11.6. The summed E-state index contributed by atoms with van der Waals surface area (Å²) < 4.78 is 29.1. The summed E-state index contributed by atoms with van der Waals surface area (Å²) in [5.74, 6) is 0.393.